The zero-order chi connectivity index (χ0) is 12.4. The molecule has 1 aromatic carbocycles. The van der Waals surface area contributed by atoms with Gasteiger partial charge < -0.3 is 4.74 Å². The van der Waals surface area contributed by atoms with Crippen molar-refractivity contribution in [2.45, 2.75) is 0 Å². The number of nitriles is 1. The molecule has 3 aromatic rings. The number of hydrogen-bond acceptors (Lipinski definition) is 2. The van der Waals surface area contributed by atoms with Crippen molar-refractivity contribution in [3.8, 4) is 17.7 Å². The van der Waals surface area contributed by atoms with Gasteiger partial charge in [0, 0.05) is 17.8 Å². The van der Waals surface area contributed by atoms with Crippen LogP contribution in [0.3, 0.4) is 0 Å². The Hall–Kier alpha value is -2.73. The number of rotatable bonds is 2. The molecule has 0 aliphatic rings. The van der Waals surface area contributed by atoms with Gasteiger partial charge in [-0.2, -0.15) is 5.26 Å². The Labute approximate surface area is 104 Å². The minimum atomic E-state index is 0.627. The molecule has 0 saturated heterocycles. The van der Waals surface area contributed by atoms with Gasteiger partial charge in [0.05, 0.1) is 11.6 Å². The summed E-state index contributed by atoms with van der Waals surface area (Å²) in [6, 6.07) is 19.0. The topological polar surface area (TPSA) is 37.4 Å². The lowest BCUT2D eigenvalue weighted by Crippen LogP contribution is -1.89. The van der Waals surface area contributed by atoms with Crippen LogP contribution in [0.1, 0.15) is 5.56 Å². The number of ether oxygens (including phenoxy) is 1. The van der Waals surface area contributed by atoms with E-state index in [4.69, 9.17) is 10.00 Å². The smallest absolute Gasteiger partial charge is 0.204 e. The van der Waals surface area contributed by atoms with Crippen LogP contribution < -0.4 is 4.74 Å². The molecule has 0 atom stereocenters. The van der Waals surface area contributed by atoms with Gasteiger partial charge in [0.2, 0.25) is 5.88 Å². The monoisotopic (exact) mass is 234 g/mol. The molecular formula is C15H10N2O. The van der Waals surface area contributed by atoms with Crippen molar-refractivity contribution >= 4 is 5.52 Å². The lowest BCUT2D eigenvalue weighted by molar-refractivity contribution is 0.459. The molecule has 0 N–H and O–H groups in total. The molecular weight excluding hydrogens is 224 g/mol. The van der Waals surface area contributed by atoms with Crippen molar-refractivity contribution in [3.63, 3.8) is 0 Å². The molecule has 0 aliphatic heterocycles. The zero-order valence-electron chi connectivity index (χ0n) is 9.58. The van der Waals surface area contributed by atoms with Crippen LogP contribution in [0, 0.1) is 11.3 Å². The highest BCUT2D eigenvalue weighted by atomic mass is 16.5. The Morgan fingerprint density at radius 3 is 2.56 bits per heavy atom. The van der Waals surface area contributed by atoms with E-state index in [1.165, 1.54) is 0 Å². The average Bonchev–Trinajstić information content (AvgIpc) is 2.83. The zero-order valence-corrected chi connectivity index (χ0v) is 9.58. The molecule has 3 nitrogen and oxygen atoms in total. The van der Waals surface area contributed by atoms with Crippen molar-refractivity contribution in [3.05, 3.63) is 66.4 Å². The van der Waals surface area contributed by atoms with E-state index >= 15 is 0 Å². The highest BCUT2D eigenvalue weighted by molar-refractivity contribution is 5.52. The van der Waals surface area contributed by atoms with Crippen LogP contribution in [0.15, 0.2) is 60.8 Å². The summed E-state index contributed by atoms with van der Waals surface area (Å²) in [5.74, 6) is 1.48. The van der Waals surface area contributed by atoms with Crippen molar-refractivity contribution in [2.24, 2.45) is 0 Å². The quantitative estimate of drug-likeness (QED) is 0.679. The summed E-state index contributed by atoms with van der Waals surface area (Å²) in [7, 11) is 0. The Morgan fingerprint density at radius 1 is 0.944 bits per heavy atom. The molecule has 3 heteroatoms. The second-order valence-corrected chi connectivity index (χ2v) is 3.91. The first-order valence-electron chi connectivity index (χ1n) is 5.61. The maximum atomic E-state index is 8.73. The predicted octanol–water partition coefficient (Wildman–Crippen LogP) is 3.60. The predicted molar refractivity (Wildman–Crippen MR) is 68.6 cm³/mol. The second kappa shape index (κ2) is 4.27. The van der Waals surface area contributed by atoms with Crippen LogP contribution in [-0.4, -0.2) is 4.40 Å². The van der Waals surface area contributed by atoms with Crippen LogP contribution in [0.5, 0.6) is 11.6 Å². The molecule has 0 aliphatic carbocycles. The Kier molecular flexibility index (Phi) is 2.47. The first-order valence-corrected chi connectivity index (χ1v) is 5.61. The Balaban J connectivity index is 1.94. The molecule has 0 amide bonds. The van der Waals surface area contributed by atoms with Crippen LogP contribution in [0.4, 0.5) is 0 Å². The van der Waals surface area contributed by atoms with Crippen molar-refractivity contribution in [2.75, 3.05) is 0 Å². The summed E-state index contributed by atoms with van der Waals surface area (Å²) in [5.41, 5.74) is 1.71. The third kappa shape index (κ3) is 1.80. The van der Waals surface area contributed by atoms with E-state index in [-0.39, 0.29) is 0 Å². The summed E-state index contributed by atoms with van der Waals surface area (Å²) >= 11 is 0. The molecule has 3 rings (SSSR count). The van der Waals surface area contributed by atoms with Crippen LogP contribution in [-0.2, 0) is 0 Å². The molecule has 18 heavy (non-hydrogen) atoms. The van der Waals surface area contributed by atoms with Gasteiger partial charge in [-0.25, -0.2) is 0 Å². The standard InChI is InChI=1S/C15H10N2O/c16-11-12-4-7-14(8-5-12)18-15-9-6-13-3-1-2-10-17(13)15/h1-10H. The van der Waals surface area contributed by atoms with Crippen LogP contribution in [0.25, 0.3) is 5.52 Å². The molecule has 0 fully saturated rings. The number of nitrogens with zero attached hydrogens (tertiary/aromatic N) is 2. The lowest BCUT2D eigenvalue weighted by Gasteiger charge is -2.05. The van der Waals surface area contributed by atoms with Gasteiger partial charge in [-0.15, -0.1) is 0 Å². The molecule has 0 bridgehead atoms. The van der Waals surface area contributed by atoms with E-state index < -0.39 is 0 Å². The SMILES string of the molecule is N#Cc1ccc(Oc2ccc3ccccn23)cc1. The van der Waals surface area contributed by atoms with Crippen molar-refractivity contribution in [1.82, 2.24) is 4.40 Å². The molecule has 0 spiro atoms. The lowest BCUT2D eigenvalue weighted by atomic mass is 10.2. The third-order valence-electron chi connectivity index (χ3n) is 2.73. The third-order valence-corrected chi connectivity index (χ3v) is 2.73. The summed E-state index contributed by atoms with van der Waals surface area (Å²) in [4.78, 5) is 0. The number of fused-ring (bicyclic) bond motifs is 1. The number of benzene rings is 1. The van der Waals surface area contributed by atoms with Gasteiger partial charge in [0.1, 0.15) is 5.75 Å². The maximum Gasteiger partial charge on any atom is 0.204 e. The fourth-order valence-corrected chi connectivity index (χ4v) is 1.83. The van der Waals surface area contributed by atoms with Gasteiger partial charge in [-0.3, -0.25) is 4.40 Å². The van der Waals surface area contributed by atoms with E-state index in [0.717, 1.165) is 17.1 Å². The summed E-state index contributed by atoms with van der Waals surface area (Å²) < 4.78 is 7.76. The van der Waals surface area contributed by atoms with E-state index in [2.05, 4.69) is 6.07 Å². The molecule has 0 radical (unpaired) electrons. The summed E-state index contributed by atoms with van der Waals surface area (Å²) in [6.45, 7) is 0. The first-order chi connectivity index (χ1) is 8.86. The summed E-state index contributed by atoms with van der Waals surface area (Å²) in [6.07, 6.45) is 1.95. The highest BCUT2D eigenvalue weighted by Crippen LogP contribution is 2.24. The van der Waals surface area contributed by atoms with E-state index in [0.29, 0.717) is 5.56 Å². The van der Waals surface area contributed by atoms with Gasteiger partial charge in [-0.1, -0.05) is 6.07 Å². The fourth-order valence-electron chi connectivity index (χ4n) is 1.83. The number of aromatic nitrogens is 1. The van der Waals surface area contributed by atoms with E-state index in [1.807, 2.05) is 40.9 Å². The van der Waals surface area contributed by atoms with Gasteiger partial charge in [-0.05, 0) is 42.5 Å². The van der Waals surface area contributed by atoms with Crippen molar-refractivity contribution in [1.29, 1.82) is 5.26 Å². The number of pyridine rings is 1. The van der Waals surface area contributed by atoms with Crippen LogP contribution >= 0.6 is 0 Å². The first kappa shape index (κ1) is 10.4. The maximum absolute atomic E-state index is 8.73. The molecule has 2 heterocycles. The van der Waals surface area contributed by atoms with Gasteiger partial charge in [0.15, 0.2) is 0 Å². The van der Waals surface area contributed by atoms with Crippen molar-refractivity contribution < 1.29 is 4.74 Å². The minimum Gasteiger partial charge on any atom is -0.440 e. The fraction of sp³-hybridized carbons (Fsp3) is 0. The normalized spacial score (nSPS) is 10.2. The van der Waals surface area contributed by atoms with Crippen LogP contribution in [0.2, 0.25) is 0 Å². The molecule has 0 saturated carbocycles. The highest BCUT2D eigenvalue weighted by Gasteiger charge is 2.03. The average molecular weight is 234 g/mol. The molecule has 2 aromatic heterocycles. The second-order valence-electron chi connectivity index (χ2n) is 3.91. The van der Waals surface area contributed by atoms with E-state index in [9.17, 15) is 0 Å². The minimum absolute atomic E-state index is 0.627. The largest absolute Gasteiger partial charge is 0.440 e. The summed E-state index contributed by atoms with van der Waals surface area (Å²) in [5, 5.41) is 8.73. The molecule has 0 unspecified atom stereocenters. The van der Waals surface area contributed by atoms with Gasteiger partial charge in [0.25, 0.3) is 0 Å². The van der Waals surface area contributed by atoms with Gasteiger partial charge >= 0.3 is 0 Å². The molecule has 86 valence electrons. The Morgan fingerprint density at radius 2 is 1.78 bits per heavy atom. The number of hydrogen-bond donors (Lipinski definition) is 0. The van der Waals surface area contributed by atoms with E-state index in [1.54, 1.807) is 24.3 Å². The Bertz CT molecular complexity index is 720.